The second-order valence-electron chi connectivity index (χ2n) is 5.31. The average Bonchev–Trinajstić information content (AvgIpc) is 2.42. The van der Waals surface area contributed by atoms with Crippen LogP contribution in [0.4, 0.5) is 5.69 Å². The molecule has 0 bridgehead atoms. The number of nitrogens with one attached hydrogen (secondary N) is 2. The van der Waals surface area contributed by atoms with Crippen LogP contribution in [-0.2, 0) is 0 Å². The van der Waals surface area contributed by atoms with Crippen LogP contribution in [0.15, 0.2) is 18.2 Å². The van der Waals surface area contributed by atoms with E-state index in [4.69, 9.17) is 0 Å². The number of carbonyl (C=O) groups excluding carboxylic acids is 1. The molecule has 0 aliphatic heterocycles. The normalized spacial score (nSPS) is 10.7. The Morgan fingerprint density at radius 3 is 2.35 bits per heavy atom. The number of carbonyl (C=O) groups is 1. The molecule has 1 aromatic rings. The van der Waals surface area contributed by atoms with Gasteiger partial charge in [0.2, 0.25) is 0 Å². The Labute approximate surface area is 123 Å². The molecule has 1 rings (SSSR count). The lowest BCUT2D eigenvalue weighted by atomic mass is 10.0. The maximum absolute atomic E-state index is 11.9. The molecule has 0 atom stereocenters. The van der Waals surface area contributed by atoms with Gasteiger partial charge >= 0.3 is 0 Å². The molecule has 0 heterocycles. The zero-order valence-corrected chi connectivity index (χ0v) is 13.3. The highest BCUT2D eigenvalue weighted by molar-refractivity contribution is 5.95. The van der Waals surface area contributed by atoms with Crippen LogP contribution in [0.25, 0.3) is 0 Å². The quantitative estimate of drug-likeness (QED) is 0.749. The fraction of sp³-hybridized carbons (Fsp3) is 0.588. The number of rotatable bonds is 8. The molecule has 0 fully saturated rings. The fourth-order valence-electron chi connectivity index (χ4n) is 2.39. The lowest BCUT2D eigenvalue weighted by Gasteiger charge is -2.20. The molecule has 1 aromatic carbocycles. The predicted molar refractivity (Wildman–Crippen MR) is 86.4 cm³/mol. The first kappa shape index (κ1) is 16.5. The van der Waals surface area contributed by atoms with E-state index in [0.717, 1.165) is 11.3 Å². The van der Waals surface area contributed by atoms with Gasteiger partial charge in [0.05, 0.1) is 0 Å². The van der Waals surface area contributed by atoms with E-state index in [1.165, 1.54) is 31.2 Å². The molecule has 3 nitrogen and oxygen atoms in total. The lowest BCUT2D eigenvalue weighted by Crippen LogP contribution is -2.23. The SMILES string of the molecule is CCCC(CCC)Nc1cc(C(=O)NCC)ccc1C. The van der Waals surface area contributed by atoms with E-state index in [0.29, 0.717) is 12.6 Å². The van der Waals surface area contributed by atoms with Gasteiger partial charge in [-0.05, 0) is 44.4 Å². The van der Waals surface area contributed by atoms with Gasteiger partial charge in [0.15, 0.2) is 0 Å². The number of benzene rings is 1. The zero-order chi connectivity index (χ0) is 15.0. The van der Waals surface area contributed by atoms with Gasteiger partial charge in [0.1, 0.15) is 0 Å². The van der Waals surface area contributed by atoms with Crippen molar-refractivity contribution < 1.29 is 4.79 Å². The zero-order valence-electron chi connectivity index (χ0n) is 13.3. The minimum absolute atomic E-state index is 0.00177. The Balaban J connectivity index is 2.86. The van der Waals surface area contributed by atoms with Crippen molar-refractivity contribution in [1.29, 1.82) is 0 Å². The van der Waals surface area contributed by atoms with Crippen LogP contribution in [0.3, 0.4) is 0 Å². The second-order valence-corrected chi connectivity index (χ2v) is 5.31. The van der Waals surface area contributed by atoms with Gasteiger partial charge in [-0.1, -0.05) is 32.8 Å². The lowest BCUT2D eigenvalue weighted by molar-refractivity contribution is 0.0956. The van der Waals surface area contributed by atoms with Crippen LogP contribution in [-0.4, -0.2) is 18.5 Å². The van der Waals surface area contributed by atoms with E-state index in [1.54, 1.807) is 0 Å². The van der Waals surface area contributed by atoms with Crippen molar-refractivity contribution >= 4 is 11.6 Å². The van der Waals surface area contributed by atoms with Crippen LogP contribution >= 0.6 is 0 Å². The Kier molecular flexibility index (Phi) is 7.13. The first-order chi connectivity index (χ1) is 9.62. The Hall–Kier alpha value is -1.51. The van der Waals surface area contributed by atoms with Crippen molar-refractivity contribution in [3.63, 3.8) is 0 Å². The third-order valence-electron chi connectivity index (χ3n) is 3.47. The van der Waals surface area contributed by atoms with Crippen LogP contribution < -0.4 is 10.6 Å². The van der Waals surface area contributed by atoms with Gasteiger partial charge in [-0.15, -0.1) is 0 Å². The van der Waals surface area contributed by atoms with Crippen LogP contribution in [0, 0.1) is 6.92 Å². The molecule has 0 aliphatic rings. The highest BCUT2D eigenvalue weighted by Crippen LogP contribution is 2.20. The van der Waals surface area contributed by atoms with Gasteiger partial charge in [-0.25, -0.2) is 0 Å². The molecule has 112 valence electrons. The topological polar surface area (TPSA) is 41.1 Å². The van der Waals surface area contributed by atoms with Crippen molar-refractivity contribution in [1.82, 2.24) is 5.32 Å². The predicted octanol–water partition coefficient (Wildman–Crippen LogP) is 4.13. The molecule has 20 heavy (non-hydrogen) atoms. The summed E-state index contributed by atoms with van der Waals surface area (Å²) in [7, 11) is 0. The summed E-state index contributed by atoms with van der Waals surface area (Å²) in [6.07, 6.45) is 4.68. The molecule has 3 heteroatoms. The second kappa shape index (κ2) is 8.62. The third-order valence-corrected chi connectivity index (χ3v) is 3.47. The highest BCUT2D eigenvalue weighted by Gasteiger charge is 2.11. The van der Waals surface area contributed by atoms with Gasteiger partial charge in [0, 0.05) is 23.8 Å². The van der Waals surface area contributed by atoms with Crippen molar-refractivity contribution in [2.24, 2.45) is 0 Å². The molecule has 0 aliphatic carbocycles. The Morgan fingerprint density at radius 2 is 1.80 bits per heavy atom. The summed E-state index contributed by atoms with van der Waals surface area (Å²) in [4.78, 5) is 11.9. The molecule has 1 amide bonds. The summed E-state index contributed by atoms with van der Waals surface area (Å²) >= 11 is 0. The summed E-state index contributed by atoms with van der Waals surface area (Å²) < 4.78 is 0. The average molecular weight is 276 g/mol. The molecular formula is C17H28N2O. The number of amides is 1. The molecule has 0 unspecified atom stereocenters. The van der Waals surface area contributed by atoms with E-state index in [9.17, 15) is 4.79 Å². The van der Waals surface area contributed by atoms with E-state index < -0.39 is 0 Å². The molecular weight excluding hydrogens is 248 g/mol. The van der Waals surface area contributed by atoms with Gasteiger partial charge < -0.3 is 10.6 Å². The summed E-state index contributed by atoms with van der Waals surface area (Å²) in [6.45, 7) is 9.09. The first-order valence-corrected chi connectivity index (χ1v) is 7.77. The Bertz CT molecular complexity index is 423. The van der Waals surface area contributed by atoms with E-state index in [1.807, 2.05) is 25.1 Å². The number of aryl methyl sites for hydroxylation is 1. The maximum atomic E-state index is 11.9. The van der Waals surface area contributed by atoms with E-state index >= 15 is 0 Å². The number of hydrogen-bond donors (Lipinski definition) is 2. The number of hydrogen-bond acceptors (Lipinski definition) is 2. The van der Waals surface area contributed by atoms with Crippen LogP contribution in [0.5, 0.6) is 0 Å². The Morgan fingerprint density at radius 1 is 1.15 bits per heavy atom. The fourth-order valence-corrected chi connectivity index (χ4v) is 2.39. The monoisotopic (exact) mass is 276 g/mol. The minimum atomic E-state index is -0.00177. The summed E-state index contributed by atoms with van der Waals surface area (Å²) in [5.41, 5.74) is 3.00. The molecule has 0 aromatic heterocycles. The van der Waals surface area contributed by atoms with Crippen LogP contribution in [0.2, 0.25) is 0 Å². The standard InChI is InChI=1S/C17H28N2O/c1-5-8-15(9-6-2)19-16-12-14(11-10-13(16)4)17(20)18-7-3/h10-12,15,19H,5-9H2,1-4H3,(H,18,20). The number of anilines is 1. The molecule has 2 N–H and O–H groups in total. The van der Waals surface area contributed by atoms with Crippen molar-refractivity contribution in [3.05, 3.63) is 29.3 Å². The molecule has 0 spiro atoms. The summed E-state index contributed by atoms with van der Waals surface area (Å²) in [5, 5.41) is 6.45. The molecule has 0 saturated carbocycles. The van der Waals surface area contributed by atoms with E-state index in [2.05, 4.69) is 31.4 Å². The molecule has 0 saturated heterocycles. The highest BCUT2D eigenvalue weighted by atomic mass is 16.1. The first-order valence-electron chi connectivity index (χ1n) is 7.77. The molecule has 0 radical (unpaired) electrons. The summed E-state index contributed by atoms with van der Waals surface area (Å²) in [5.74, 6) is -0.00177. The minimum Gasteiger partial charge on any atom is -0.382 e. The smallest absolute Gasteiger partial charge is 0.251 e. The van der Waals surface area contributed by atoms with Crippen LogP contribution in [0.1, 0.15) is 62.4 Å². The van der Waals surface area contributed by atoms with Crippen molar-refractivity contribution in [2.75, 3.05) is 11.9 Å². The van der Waals surface area contributed by atoms with Gasteiger partial charge in [-0.3, -0.25) is 4.79 Å². The summed E-state index contributed by atoms with van der Waals surface area (Å²) in [6, 6.07) is 6.37. The largest absolute Gasteiger partial charge is 0.382 e. The van der Waals surface area contributed by atoms with Crippen molar-refractivity contribution in [3.8, 4) is 0 Å². The van der Waals surface area contributed by atoms with Crippen molar-refractivity contribution in [2.45, 2.75) is 59.4 Å². The van der Waals surface area contributed by atoms with E-state index in [-0.39, 0.29) is 5.91 Å². The van der Waals surface area contributed by atoms with Gasteiger partial charge in [-0.2, -0.15) is 0 Å². The third kappa shape index (κ3) is 4.87. The maximum Gasteiger partial charge on any atom is 0.251 e. The van der Waals surface area contributed by atoms with Gasteiger partial charge in [0.25, 0.3) is 5.91 Å².